The Morgan fingerprint density at radius 2 is 1.35 bits per heavy atom. The van der Waals surface area contributed by atoms with Crippen LogP contribution in [-0.2, 0) is 9.59 Å². The molecule has 0 atom stereocenters. The Kier molecular flexibility index (Phi) is 4.20. The molecule has 0 saturated carbocycles. The summed E-state index contributed by atoms with van der Waals surface area (Å²) < 4.78 is 72.1. The quantitative estimate of drug-likeness (QED) is 0.822. The van der Waals surface area contributed by atoms with Crippen LogP contribution in [0.1, 0.15) is 0 Å². The zero-order valence-electron chi connectivity index (χ0n) is 9.26. The molecule has 0 spiro atoms. The number of carbonyl (C=O) groups is 2. The molecular formula is C9H5F6N3O2. The fourth-order valence-corrected chi connectivity index (χ4v) is 0.989. The fraction of sp³-hybridized carbons (Fsp3) is 0.222. The molecule has 5 nitrogen and oxygen atoms in total. The van der Waals surface area contributed by atoms with Crippen molar-refractivity contribution in [2.24, 2.45) is 0 Å². The molecule has 110 valence electrons. The van der Waals surface area contributed by atoms with Crippen LogP contribution >= 0.6 is 0 Å². The van der Waals surface area contributed by atoms with Crippen molar-refractivity contribution in [2.75, 3.05) is 10.6 Å². The van der Waals surface area contributed by atoms with E-state index in [-0.39, 0.29) is 0 Å². The van der Waals surface area contributed by atoms with Crippen molar-refractivity contribution >= 4 is 23.2 Å². The van der Waals surface area contributed by atoms with Crippen LogP contribution in [0.5, 0.6) is 0 Å². The predicted molar refractivity (Wildman–Crippen MR) is 53.6 cm³/mol. The first-order chi connectivity index (χ1) is 9.01. The van der Waals surface area contributed by atoms with Gasteiger partial charge in [0.05, 0.1) is 17.6 Å². The Hall–Kier alpha value is -2.33. The third kappa shape index (κ3) is 4.10. The zero-order valence-corrected chi connectivity index (χ0v) is 9.26. The molecule has 0 aliphatic heterocycles. The summed E-state index contributed by atoms with van der Waals surface area (Å²) in [6.45, 7) is 0. The Labute approximate surface area is 107 Å². The molecule has 1 heterocycles. The van der Waals surface area contributed by atoms with Crippen molar-refractivity contribution in [3.8, 4) is 0 Å². The minimum Gasteiger partial charge on any atom is -0.316 e. The largest absolute Gasteiger partial charge is 0.471 e. The number of rotatable bonds is 2. The van der Waals surface area contributed by atoms with Crippen LogP contribution in [0.25, 0.3) is 0 Å². The van der Waals surface area contributed by atoms with Crippen molar-refractivity contribution in [3.63, 3.8) is 0 Å². The van der Waals surface area contributed by atoms with E-state index in [9.17, 15) is 35.9 Å². The van der Waals surface area contributed by atoms with Crippen molar-refractivity contribution in [1.29, 1.82) is 0 Å². The van der Waals surface area contributed by atoms with Crippen molar-refractivity contribution < 1.29 is 35.9 Å². The van der Waals surface area contributed by atoms with E-state index >= 15 is 0 Å². The Bertz CT molecular complexity index is 478. The monoisotopic (exact) mass is 301 g/mol. The maximum absolute atomic E-state index is 12.0. The lowest BCUT2D eigenvalue weighted by Crippen LogP contribution is -2.32. The van der Waals surface area contributed by atoms with Gasteiger partial charge in [0.15, 0.2) is 0 Å². The third-order valence-corrected chi connectivity index (χ3v) is 1.83. The number of carbonyl (C=O) groups excluding carboxylic acids is 2. The molecule has 20 heavy (non-hydrogen) atoms. The maximum Gasteiger partial charge on any atom is 0.471 e. The molecule has 0 aliphatic carbocycles. The lowest BCUT2D eigenvalue weighted by atomic mass is 10.3. The lowest BCUT2D eigenvalue weighted by molar-refractivity contribution is -0.167. The molecule has 0 fully saturated rings. The van der Waals surface area contributed by atoms with E-state index in [1.165, 1.54) is 10.6 Å². The average Bonchev–Trinajstić information content (AvgIpc) is 2.29. The third-order valence-electron chi connectivity index (χ3n) is 1.83. The van der Waals surface area contributed by atoms with Crippen molar-refractivity contribution in [1.82, 2.24) is 4.98 Å². The van der Waals surface area contributed by atoms with Gasteiger partial charge in [-0.3, -0.25) is 14.6 Å². The molecule has 11 heteroatoms. The highest BCUT2D eigenvalue weighted by atomic mass is 19.4. The van der Waals surface area contributed by atoms with E-state index in [4.69, 9.17) is 0 Å². The van der Waals surface area contributed by atoms with Crippen LogP contribution < -0.4 is 10.6 Å². The van der Waals surface area contributed by atoms with E-state index in [0.29, 0.717) is 6.20 Å². The minimum atomic E-state index is -5.23. The molecular weight excluding hydrogens is 296 g/mol. The van der Waals surface area contributed by atoms with Crippen LogP contribution in [0.2, 0.25) is 0 Å². The predicted octanol–water partition coefficient (Wildman–Crippen LogP) is 2.08. The number of pyridine rings is 1. The average molecular weight is 301 g/mol. The smallest absolute Gasteiger partial charge is 0.316 e. The summed E-state index contributed by atoms with van der Waals surface area (Å²) in [6.07, 6.45) is -8.87. The highest BCUT2D eigenvalue weighted by Gasteiger charge is 2.40. The highest BCUT2D eigenvalue weighted by Crippen LogP contribution is 2.25. The second-order valence-electron chi connectivity index (χ2n) is 3.33. The maximum atomic E-state index is 12.0. The zero-order chi connectivity index (χ0) is 15.6. The van der Waals surface area contributed by atoms with Crippen LogP contribution in [-0.4, -0.2) is 29.2 Å². The minimum absolute atomic E-state index is 0.662. The summed E-state index contributed by atoms with van der Waals surface area (Å²) in [5.74, 6) is -4.81. The van der Waals surface area contributed by atoms with Gasteiger partial charge < -0.3 is 10.6 Å². The summed E-state index contributed by atoms with van der Waals surface area (Å²) >= 11 is 0. The molecule has 0 unspecified atom stereocenters. The molecule has 0 aromatic carbocycles. The van der Waals surface area contributed by atoms with Crippen LogP contribution in [0.4, 0.5) is 37.7 Å². The van der Waals surface area contributed by atoms with Crippen molar-refractivity contribution in [3.05, 3.63) is 18.5 Å². The first kappa shape index (κ1) is 15.7. The van der Waals surface area contributed by atoms with Gasteiger partial charge in [-0.15, -0.1) is 0 Å². The first-order valence-corrected chi connectivity index (χ1v) is 4.72. The van der Waals surface area contributed by atoms with Crippen molar-refractivity contribution in [2.45, 2.75) is 12.4 Å². The van der Waals surface area contributed by atoms with Crippen LogP contribution in [0, 0.1) is 0 Å². The summed E-state index contributed by atoms with van der Waals surface area (Å²) in [5.41, 5.74) is -1.38. The number of amides is 2. The van der Waals surface area contributed by atoms with Gasteiger partial charge in [0.1, 0.15) is 0 Å². The highest BCUT2D eigenvalue weighted by molar-refractivity contribution is 6.02. The molecule has 1 aromatic rings. The second kappa shape index (κ2) is 5.35. The topological polar surface area (TPSA) is 71.1 Å². The van der Waals surface area contributed by atoms with E-state index in [0.717, 1.165) is 12.3 Å². The van der Waals surface area contributed by atoms with Gasteiger partial charge in [0.25, 0.3) is 0 Å². The van der Waals surface area contributed by atoms with Gasteiger partial charge >= 0.3 is 24.2 Å². The molecule has 0 saturated heterocycles. The molecule has 2 amide bonds. The van der Waals surface area contributed by atoms with Gasteiger partial charge in [-0.1, -0.05) is 0 Å². The number of hydrogen-bond donors (Lipinski definition) is 2. The second-order valence-corrected chi connectivity index (χ2v) is 3.33. The molecule has 0 bridgehead atoms. The number of anilines is 2. The molecule has 1 aromatic heterocycles. The fourth-order valence-electron chi connectivity index (χ4n) is 0.989. The first-order valence-electron chi connectivity index (χ1n) is 4.72. The Balaban J connectivity index is 2.95. The van der Waals surface area contributed by atoms with E-state index in [2.05, 4.69) is 4.98 Å². The van der Waals surface area contributed by atoms with E-state index < -0.39 is 35.5 Å². The summed E-state index contributed by atoms with van der Waals surface area (Å²) in [4.78, 5) is 24.7. The molecule has 1 rings (SSSR count). The van der Waals surface area contributed by atoms with Gasteiger partial charge in [0.2, 0.25) is 0 Å². The Morgan fingerprint density at radius 3 is 1.80 bits per heavy atom. The number of halogens is 6. The number of nitrogens with zero attached hydrogens (tertiary/aromatic N) is 1. The van der Waals surface area contributed by atoms with Crippen LogP contribution in [0.3, 0.4) is 0 Å². The molecule has 0 aliphatic rings. The number of alkyl halides is 6. The molecule has 0 radical (unpaired) electrons. The number of nitrogens with one attached hydrogen (secondary N) is 2. The SMILES string of the molecule is O=C(Nc1ccncc1NC(=O)C(F)(F)F)C(F)(F)F. The lowest BCUT2D eigenvalue weighted by Gasteiger charge is -2.13. The standard InChI is InChI=1S/C9H5F6N3O2/c10-8(11,12)6(19)17-4-1-2-16-3-5(4)18-7(20)9(13,14)15/h1-3H,(H,18,20)(H,16,17,19). The van der Waals surface area contributed by atoms with E-state index in [1.807, 2.05) is 0 Å². The summed E-state index contributed by atoms with van der Waals surface area (Å²) in [6, 6.07) is 0.801. The van der Waals surface area contributed by atoms with Gasteiger partial charge in [-0.2, -0.15) is 26.3 Å². The summed E-state index contributed by atoms with van der Waals surface area (Å²) in [5, 5.41) is 2.62. The van der Waals surface area contributed by atoms with Crippen LogP contribution in [0.15, 0.2) is 18.5 Å². The number of aromatic nitrogens is 1. The molecule has 2 N–H and O–H groups in total. The number of hydrogen-bond acceptors (Lipinski definition) is 3. The van der Waals surface area contributed by atoms with E-state index in [1.54, 1.807) is 0 Å². The van der Waals surface area contributed by atoms with Gasteiger partial charge in [0, 0.05) is 6.20 Å². The summed E-state index contributed by atoms with van der Waals surface area (Å²) in [7, 11) is 0. The van der Waals surface area contributed by atoms with Gasteiger partial charge in [-0.05, 0) is 6.07 Å². The normalized spacial score (nSPS) is 11.9. The van der Waals surface area contributed by atoms with Gasteiger partial charge in [-0.25, -0.2) is 0 Å². The Morgan fingerprint density at radius 1 is 0.900 bits per heavy atom.